The Morgan fingerprint density at radius 2 is 1.60 bits per heavy atom. The van der Waals surface area contributed by atoms with E-state index in [0.717, 1.165) is 17.7 Å². The highest BCUT2D eigenvalue weighted by Crippen LogP contribution is 2.35. The van der Waals surface area contributed by atoms with Gasteiger partial charge in [-0.2, -0.15) is 13.2 Å². The van der Waals surface area contributed by atoms with E-state index >= 15 is 0 Å². The van der Waals surface area contributed by atoms with E-state index in [4.69, 9.17) is 4.74 Å². The van der Waals surface area contributed by atoms with Crippen LogP contribution in [0.4, 0.5) is 13.2 Å². The Morgan fingerprint density at radius 1 is 0.886 bits per heavy atom. The number of carbonyl (C=O) groups excluding carboxylic acids is 2. The van der Waals surface area contributed by atoms with Crippen molar-refractivity contribution in [3.8, 4) is 11.5 Å². The quantitative estimate of drug-likeness (QED) is 0.359. The van der Waals surface area contributed by atoms with Crippen molar-refractivity contribution in [1.82, 2.24) is 4.90 Å². The van der Waals surface area contributed by atoms with Gasteiger partial charge in [-0.25, -0.2) is 0 Å². The summed E-state index contributed by atoms with van der Waals surface area (Å²) < 4.78 is 50.9. The molecule has 0 aromatic heterocycles. The average molecular weight is 486 g/mol. The summed E-state index contributed by atoms with van der Waals surface area (Å²) in [7, 11) is 1.29. The Morgan fingerprint density at radius 3 is 2.26 bits per heavy atom. The topological polar surface area (TPSA) is 55.8 Å². The van der Waals surface area contributed by atoms with E-state index in [1.165, 1.54) is 18.1 Å². The van der Waals surface area contributed by atoms with Gasteiger partial charge in [0.1, 0.15) is 11.5 Å². The molecule has 0 unspecified atom stereocenters. The molecule has 0 aliphatic rings. The third-order valence-corrected chi connectivity index (χ3v) is 5.38. The monoisotopic (exact) mass is 485 g/mol. The second-order valence-electron chi connectivity index (χ2n) is 7.89. The Labute approximate surface area is 202 Å². The van der Waals surface area contributed by atoms with Crippen LogP contribution in [-0.4, -0.2) is 30.4 Å². The number of rotatable bonds is 9. The Balaban J connectivity index is 1.88. The summed E-state index contributed by atoms with van der Waals surface area (Å²) in [5, 5.41) is 0. The summed E-state index contributed by atoms with van der Waals surface area (Å²) in [6.45, 7) is 2.03. The lowest BCUT2D eigenvalue weighted by atomic mass is 10.1. The number of likely N-dealkylation sites (N-methyl/N-ethyl adjacent to an activating group) is 1. The molecule has 0 bridgehead atoms. The molecule has 0 atom stereocenters. The van der Waals surface area contributed by atoms with Crippen molar-refractivity contribution in [2.24, 2.45) is 0 Å². The minimum Gasteiger partial charge on any atom is -0.469 e. The number of hydrogen-bond donors (Lipinski definition) is 0. The molecule has 0 N–H and O–H groups in total. The minimum atomic E-state index is -4.54. The minimum absolute atomic E-state index is 0.0329. The first kappa shape index (κ1) is 25.8. The van der Waals surface area contributed by atoms with Gasteiger partial charge in [-0.1, -0.05) is 42.5 Å². The lowest BCUT2D eigenvalue weighted by molar-refractivity contribution is -0.140. The van der Waals surface area contributed by atoms with Crippen LogP contribution >= 0.6 is 0 Å². The van der Waals surface area contributed by atoms with Gasteiger partial charge in [0.25, 0.3) is 0 Å². The highest BCUT2D eigenvalue weighted by atomic mass is 19.4. The van der Waals surface area contributed by atoms with Gasteiger partial charge in [-0.15, -0.1) is 0 Å². The maximum Gasteiger partial charge on any atom is 0.416 e. The first-order chi connectivity index (χ1) is 16.7. The summed E-state index contributed by atoms with van der Waals surface area (Å²) >= 11 is 0. The molecule has 0 heterocycles. The first-order valence-electron chi connectivity index (χ1n) is 11.0. The molecule has 0 fully saturated rings. The maximum absolute atomic E-state index is 13.4. The number of methoxy groups -OCH3 is 1. The highest BCUT2D eigenvalue weighted by molar-refractivity contribution is 5.78. The molecule has 1 amide bonds. The molecule has 5 nitrogen and oxygen atoms in total. The summed E-state index contributed by atoms with van der Waals surface area (Å²) in [4.78, 5) is 26.0. The second kappa shape index (κ2) is 11.6. The third-order valence-electron chi connectivity index (χ3n) is 5.38. The third kappa shape index (κ3) is 7.34. The Bertz CT molecular complexity index is 1160. The van der Waals surface area contributed by atoms with Gasteiger partial charge < -0.3 is 14.4 Å². The number of amides is 1. The zero-order chi connectivity index (χ0) is 25.4. The number of benzene rings is 3. The van der Waals surface area contributed by atoms with Crippen LogP contribution in [0.2, 0.25) is 0 Å². The predicted octanol–water partition coefficient (Wildman–Crippen LogP) is 5.80. The Kier molecular flexibility index (Phi) is 8.52. The average Bonchev–Trinajstić information content (AvgIpc) is 2.83. The van der Waals surface area contributed by atoms with E-state index < -0.39 is 17.7 Å². The zero-order valence-corrected chi connectivity index (χ0v) is 19.5. The first-order valence-corrected chi connectivity index (χ1v) is 11.0. The molecule has 3 aromatic rings. The van der Waals surface area contributed by atoms with Crippen molar-refractivity contribution in [2.45, 2.75) is 32.5 Å². The maximum atomic E-state index is 13.4. The van der Waals surface area contributed by atoms with Crippen molar-refractivity contribution < 1.29 is 32.2 Å². The van der Waals surface area contributed by atoms with Crippen molar-refractivity contribution in [2.75, 3.05) is 13.7 Å². The van der Waals surface area contributed by atoms with Gasteiger partial charge in [0.2, 0.25) is 5.91 Å². The standard InChI is InChI=1S/C27H26F3NO4/c1-3-31(25(32)15-19-8-5-4-6-9-19)18-21-17-22(27(28,29)30)12-13-24(21)35-23-11-7-10-20(14-23)16-26(33)34-2/h4-14,17H,3,15-16,18H2,1-2H3. The van der Waals surface area contributed by atoms with Crippen LogP contribution in [0.5, 0.6) is 11.5 Å². The second-order valence-corrected chi connectivity index (χ2v) is 7.89. The van der Waals surface area contributed by atoms with Crippen LogP contribution in [0.3, 0.4) is 0 Å². The number of esters is 1. The molecule has 3 aromatic carbocycles. The molecule has 35 heavy (non-hydrogen) atoms. The number of nitrogens with zero attached hydrogens (tertiary/aromatic N) is 1. The van der Waals surface area contributed by atoms with Crippen molar-refractivity contribution in [3.05, 3.63) is 95.1 Å². The van der Waals surface area contributed by atoms with Gasteiger partial charge in [0.15, 0.2) is 0 Å². The van der Waals surface area contributed by atoms with Crippen LogP contribution in [0.1, 0.15) is 29.2 Å². The normalized spacial score (nSPS) is 11.1. The van der Waals surface area contributed by atoms with E-state index in [2.05, 4.69) is 4.74 Å². The van der Waals surface area contributed by atoms with Crippen LogP contribution in [-0.2, 0) is 39.9 Å². The molecule has 184 valence electrons. The molecular weight excluding hydrogens is 459 g/mol. The smallest absolute Gasteiger partial charge is 0.416 e. The lowest BCUT2D eigenvalue weighted by Crippen LogP contribution is -2.31. The molecular formula is C27H26F3NO4. The fourth-order valence-corrected chi connectivity index (χ4v) is 3.53. The van der Waals surface area contributed by atoms with E-state index in [9.17, 15) is 22.8 Å². The molecule has 0 saturated heterocycles. The number of ether oxygens (including phenoxy) is 2. The lowest BCUT2D eigenvalue weighted by Gasteiger charge is -2.23. The van der Waals surface area contributed by atoms with Crippen LogP contribution < -0.4 is 4.74 Å². The van der Waals surface area contributed by atoms with E-state index in [1.807, 2.05) is 30.3 Å². The fourth-order valence-electron chi connectivity index (χ4n) is 3.53. The number of hydrogen-bond acceptors (Lipinski definition) is 4. The van der Waals surface area contributed by atoms with Crippen molar-refractivity contribution >= 4 is 11.9 Å². The largest absolute Gasteiger partial charge is 0.469 e. The van der Waals surface area contributed by atoms with Gasteiger partial charge in [0.05, 0.1) is 25.5 Å². The van der Waals surface area contributed by atoms with Gasteiger partial charge in [0, 0.05) is 18.7 Å². The van der Waals surface area contributed by atoms with E-state index in [0.29, 0.717) is 17.9 Å². The summed E-state index contributed by atoms with van der Waals surface area (Å²) in [6.07, 6.45) is -4.37. The van der Waals surface area contributed by atoms with Gasteiger partial charge in [-0.05, 0) is 48.4 Å². The molecule has 0 saturated carbocycles. The van der Waals surface area contributed by atoms with E-state index in [-0.39, 0.29) is 36.6 Å². The number of alkyl halides is 3. The van der Waals surface area contributed by atoms with Crippen LogP contribution in [0.25, 0.3) is 0 Å². The number of halogens is 3. The van der Waals surface area contributed by atoms with Crippen molar-refractivity contribution in [1.29, 1.82) is 0 Å². The molecule has 0 aliphatic carbocycles. The molecule has 0 radical (unpaired) electrons. The molecule has 0 spiro atoms. The fraction of sp³-hybridized carbons (Fsp3) is 0.259. The zero-order valence-electron chi connectivity index (χ0n) is 19.5. The summed E-state index contributed by atoms with van der Waals surface area (Å²) in [6, 6.07) is 19.0. The van der Waals surface area contributed by atoms with Crippen LogP contribution in [0.15, 0.2) is 72.8 Å². The summed E-state index contributed by atoms with van der Waals surface area (Å²) in [5.41, 5.74) is 0.849. The van der Waals surface area contributed by atoms with Crippen molar-refractivity contribution in [3.63, 3.8) is 0 Å². The predicted molar refractivity (Wildman–Crippen MR) is 125 cm³/mol. The van der Waals surface area contributed by atoms with Gasteiger partial charge >= 0.3 is 12.1 Å². The highest BCUT2D eigenvalue weighted by Gasteiger charge is 2.31. The SMILES string of the molecule is CCN(Cc1cc(C(F)(F)F)ccc1Oc1cccc(CC(=O)OC)c1)C(=O)Cc1ccccc1. The molecule has 0 aliphatic heterocycles. The Hall–Kier alpha value is -3.81. The van der Waals surface area contributed by atoms with E-state index in [1.54, 1.807) is 31.2 Å². The summed E-state index contributed by atoms with van der Waals surface area (Å²) in [5.74, 6) is -0.0831. The molecule has 8 heteroatoms. The van der Waals surface area contributed by atoms with Crippen LogP contribution in [0, 0.1) is 0 Å². The number of carbonyl (C=O) groups is 2. The molecule has 3 rings (SSSR count). The van der Waals surface area contributed by atoms with Gasteiger partial charge in [-0.3, -0.25) is 9.59 Å².